The maximum absolute atomic E-state index is 11.2. The first-order valence-electron chi connectivity index (χ1n) is 10.1. The monoisotopic (exact) mass is 405 g/mol. The van der Waals surface area contributed by atoms with Gasteiger partial charge in [0.1, 0.15) is 0 Å². The fraction of sp³-hybridized carbons (Fsp3) is 0.850. The number of ether oxygens (including phenoxy) is 1. The zero-order chi connectivity index (χ0) is 20.8. The molecule has 0 rings (SSSR count). The first kappa shape index (κ1) is 26.1. The third kappa shape index (κ3) is 18.2. The number of esters is 1. The fourth-order valence-electron chi connectivity index (χ4n) is 2.95. The molecule has 0 saturated carbocycles. The van der Waals surface area contributed by atoms with Crippen molar-refractivity contribution in [1.29, 1.82) is 0 Å². The summed E-state index contributed by atoms with van der Waals surface area (Å²) in [7, 11) is 0.0917. The number of unbranched alkanes of at least 4 members (excludes halogenated alkanes) is 8. The van der Waals surface area contributed by atoms with Gasteiger partial charge in [-0.15, -0.1) is 0 Å². The number of rotatable bonds is 17. The van der Waals surface area contributed by atoms with Gasteiger partial charge in [0.2, 0.25) is 0 Å². The lowest BCUT2D eigenvalue weighted by Crippen LogP contribution is -2.41. The molecule has 7 heteroatoms. The second-order valence-electron chi connectivity index (χ2n) is 8.10. The second kappa shape index (κ2) is 14.1. The fourth-order valence-corrected chi connectivity index (χ4v) is 3.43. The van der Waals surface area contributed by atoms with Crippen LogP contribution in [0.4, 0.5) is 0 Å². The third-order valence-electron chi connectivity index (χ3n) is 4.65. The van der Waals surface area contributed by atoms with Crippen molar-refractivity contribution in [2.24, 2.45) is 0 Å². The average molecular weight is 406 g/mol. The molecule has 27 heavy (non-hydrogen) atoms. The number of hydrogen-bond donors (Lipinski definition) is 0. The van der Waals surface area contributed by atoms with E-state index in [1.54, 1.807) is 6.92 Å². The number of carbonyl (C=O) groups is 1. The van der Waals surface area contributed by atoms with Crippen LogP contribution >= 0.6 is 0 Å². The summed E-state index contributed by atoms with van der Waals surface area (Å²) in [6, 6.07) is 0. The van der Waals surface area contributed by atoms with Crippen LogP contribution in [0.3, 0.4) is 0 Å². The minimum Gasteiger partial charge on any atom is -0.748 e. The Labute approximate surface area is 166 Å². The van der Waals surface area contributed by atoms with Gasteiger partial charge < -0.3 is 13.8 Å². The molecule has 0 radical (unpaired) electrons. The normalized spacial score (nSPS) is 12.1. The second-order valence-corrected chi connectivity index (χ2v) is 9.62. The van der Waals surface area contributed by atoms with Gasteiger partial charge in [0.05, 0.1) is 43.9 Å². The van der Waals surface area contributed by atoms with Gasteiger partial charge in [-0.3, -0.25) is 0 Å². The topological polar surface area (TPSA) is 83.5 Å². The van der Waals surface area contributed by atoms with Gasteiger partial charge in [-0.05, 0) is 26.2 Å². The molecule has 160 valence electrons. The minimum atomic E-state index is -4.08. The Bertz CT molecular complexity index is 528. The molecule has 0 saturated heterocycles. The molecule has 0 bridgehead atoms. The van der Waals surface area contributed by atoms with Crippen molar-refractivity contribution in [3.8, 4) is 0 Å². The van der Waals surface area contributed by atoms with E-state index in [-0.39, 0.29) is 11.7 Å². The van der Waals surface area contributed by atoms with Crippen LogP contribution in [0.2, 0.25) is 0 Å². The number of nitrogens with zero attached hydrogens (tertiary/aromatic N) is 1. The van der Waals surface area contributed by atoms with Gasteiger partial charge in [-0.25, -0.2) is 13.2 Å². The van der Waals surface area contributed by atoms with Gasteiger partial charge in [0, 0.05) is 17.7 Å². The molecule has 0 aromatic heterocycles. The lowest BCUT2D eigenvalue weighted by atomic mass is 10.1. The summed E-state index contributed by atoms with van der Waals surface area (Å²) in [5.41, 5.74) is 0.451. The Balaban J connectivity index is 3.44. The third-order valence-corrected chi connectivity index (χ3v) is 5.44. The van der Waals surface area contributed by atoms with E-state index in [0.717, 1.165) is 36.8 Å². The molecule has 0 aromatic carbocycles. The summed E-state index contributed by atoms with van der Waals surface area (Å²) in [5.74, 6) is -0.558. The molecule has 0 unspecified atom stereocenters. The van der Waals surface area contributed by atoms with Crippen molar-refractivity contribution >= 4 is 16.1 Å². The molecule has 0 aliphatic heterocycles. The van der Waals surface area contributed by atoms with Crippen LogP contribution in [0.25, 0.3) is 0 Å². The molecule has 0 atom stereocenters. The Morgan fingerprint density at radius 2 is 1.33 bits per heavy atom. The van der Waals surface area contributed by atoms with Crippen LogP contribution in [-0.2, 0) is 19.6 Å². The van der Waals surface area contributed by atoms with Crippen molar-refractivity contribution in [2.75, 3.05) is 39.5 Å². The van der Waals surface area contributed by atoms with Gasteiger partial charge >= 0.3 is 5.97 Å². The number of carbonyl (C=O) groups excluding carboxylic acids is 1. The van der Waals surface area contributed by atoms with Gasteiger partial charge in [-0.1, -0.05) is 45.1 Å². The van der Waals surface area contributed by atoms with Crippen molar-refractivity contribution in [2.45, 2.75) is 71.1 Å². The molecule has 6 nitrogen and oxygen atoms in total. The largest absolute Gasteiger partial charge is 0.748 e. The number of hydrogen-bond acceptors (Lipinski definition) is 5. The molecule has 0 N–H and O–H groups in total. The zero-order valence-electron chi connectivity index (χ0n) is 17.5. The lowest BCUT2D eigenvalue weighted by molar-refractivity contribution is -0.890. The van der Waals surface area contributed by atoms with Crippen molar-refractivity contribution in [3.05, 3.63) is 12.2 Å². The molecular weight excluding hydrogens is 366 g/mol. The van der Waals surface area contributed by atoms with Crippen molar-refractivity contribution in [3.63, 3.8) is 0 Å². The molecule has 0 fully saturated rings. The summed E-state index contributed by atoms with van der Waals surface area (Å²) < 4.78 is 37.8. The maximum atomic E-state index is 11.2. The zero-order valence-corrected chi connectivity index (χ0v) is 18.3. The highest BCUT2D eigenvalue weighted by Gasteiger charge is 2.14. The van der Waals surface area contributed by atoms with E-state index in [0.29, 0.717) is 18.6 Å². The molecule has 0 spiro atoms. The summed E-state index contributed by atoms with van der Waals surface area (Å²) in [6.45, 7) is 7.44. The van der Waals surface area contributed by atoms with Gasteiger partial charge in [0.15, 0.2) is 0 Å². The summed E-state index contributed by atoms with van der Waals surface area (Å²) in [5, 5.41) is 0. The molecule has 0 aromatic rings. The maximum Gasteiger partial charge on any atom is 0.333 e. The van der Waals surface area contributed by atoms with Crippen LogP contribution in [0.15, 0.2) is 12.2 Å². The quantitative estimate of drug-likeness (QED) is 0.121. The first-order chi connectivity index (χ1) is 12.5. The van der Waals surface area contributed by atoms with Crippen molar-refractivity contribution in [1.82, 2.24) is 0 Å². The van der Waals surface area contributed by atoms with Crippen LogP contribution in [-0.4, -0.2) is 63.0 Å². The highest BCUT2D eigenvalue weighted by molar-refractivity contribution is 7.85. The first-order valence-corrected chi connectivity index (χ1v) is 11.7. The van der Waals surface area contributed by atoms with E-state index < -0.39 is 10.1 Å². The van der Waals surface area contributed by atoms with Gasteiger partial charge in [0.25, 0.3) is 0 Å². The van der Waals surface area contributed by atoms with Gasteiger partial charge in [-0.2, -0.15) is 0 Å². The van der Waals surface area contributed by atoms with E-state index in [2.05, 4.69) is 20.7 Å². The minimum absolute atomic E-state index is 0.259. The van der Waals surface area contributed by atoms with Crippen LogP contribution < -0.4 is 0 Å². The van der Waals surface area contributed by atoms with Crippen LogP contribution in [0, 0.1) is 0 Å². The smallest absolute Gasteiger partial charge is 0.333 e. The highest BCUT2D eigenvalue weighted by atomic mass is 32.2. The van der Waals surface area contributed by atoms with Crippen molar-refractivity contribution < 1.29 is 27.0 Å². The molecule has 0 aliphatic carbocycles. The van der Waals surface area contributed by atoms with E-state index >= 15 is 0 Å². The van der Waals surface area contributed by atoms with E-state index in [1.807, 2.05) is 0 Å². The predicted molar refractivity (Wildman–Crippen MR) is 108 cm³/mol. The summed E-state index contributed by atoms with van der Waals surface area (Å²) >= 11 is 0. The van der Waals surface area contributed by atoms with Crippen LogP contribution in [0.5, 0.6) is 0 Å². The Kier molecular flexibility index (Phi) is 13.6. The van der Waals surface area contributed by atoms with E-state index in [1.165, 1.54) is 38.5 Å². The number of quaternary nitrogens is 1. The Morgan fingerprint density at radius 1 is 0.889 bits per heavy atom. The van der Waals surface area contributed by atoms with E-state index in [4.69, 9.17) is 4.74 Å². The molecule has 0 amide bonds. The van der Waals surface area contributed by atoms with Crippen LogP contribution in [0.1, 0.15) is 71.1 Å². The standard InChI is InChI=1S/C20H39NO5S/c1-19(2)20(22)26-17-13-11-9-7-5-6-8-10-12-15-21(3,4)16-14-18-27(23,24)25/h1,5-18H2,2-4H3. The molecular formula is C20H39NO5S. The SMILES string of the molecule is C=C(C)C(=O)OCCCCCCCCCCC[N+](C)(C)CCCS(=O)(=O)[O-]. The van der Waals surface area contributed by atoms with E-state index in [9.17, 15) is 17.8 Å². The average Bonchev–Trinajstić information content (AvgIpc) is 2.53. The lowest BCUT2D eigenvalue weighted by Gasteiger charge is -2.30. The summed E-state index contributed by atoms with van der Waals surface area (Å²) in [6.07, 6.45) is 10.9. The Hall–Kier alpha value is -0.920. The molecule has 0 heterocycles. The predicted octanol–water partition coefficient (Wildman–Crippen LogP) is 3.63. The Morgan fingerprint density at radius 3 is 1.81 bits per heavy atom. The molecule has 0 aliphatic rings. The highest BCUT2D eigenvalue weighted by Crippen LogP contribution is 2.12. The summed E-state index contributed by atoms with van der Waals surface area (Å²) in [4.78, 5) is 11.2.